The number of urea groups is 1. The van der Waals surface area contributed by atoms with Crippen molar-refractivity contribution in [2.24, 2.45) is 0 Å². The van der Waals surface area contributed by atoms with E-state index in [2.05, 4.69) is 15.2 Å². The molecule has 1 N–H and O–H groups in total. The van der Waals surface area contributed by atoms with E-state index in [-0.39, 0.29) is 11.8 Å². The third-order valence-electron chi connectivity index (χ3n) is 3.88. The number of hydrogen-bond acceptors (Lipinski definition) is 5. The summed E-state index contributed by atoms with van der Waals surface area (Å²) in [5.41, 5.74) is 1.59. The highest BCUT2D eigenvalue weighted by molar-refractivity contribution is 5.89. The van der Waals surface area contributed by atoms with Gasteiger partial charge in [-0.25, -0.2) is 4.79 Å². The third kappa shape index (κ3) is 3.60. The van der Waals surface area contributed by atoms with E-state index in [4.69, 9.17) is 0 Å². The fourth-order valence-corrected chi connectivity index (χ4v) is 2.57. The fourth-order valence-electron chi connectivity index (χ4n) is 2.57. The molecule has 1 fully saturated rings. The molecule has 0 bridgehead atoms. The van der Waals surface area contributed by atoms with Crippen LogP contribution in [-0.4, -0.2) is 47.0 Å². The first kappa shape index (κ1) is 15.7. The molecule has 0 saturated carbocycles. The normalized spacial score (nSPS) is 14.3. The van der Waals surface area contributed by atoms with Gasteiger partial charge in [0.25, 0.3) is 0 Å². The van der Waals surface area contributed by atoms with E-state index in [0.29, 0.717) is 26.2 Å². The van der Waals surface area contributed by atoms with E-state index in [9.17, 15) is 14.9 Å². The van der Waals surface area contributed by atoms with Crippen molar-refractivity contribution in [2.75, 3.05) is 36.4 Å². The summed E-state index contributed by atoms with van der Waals surface area (Å²) in [5, 5.41) is 13.5. The molecule has 2 heterocycles. The predicted octanol–water partition coefficient (Wildman–Crippen LogP) is 2.34. The Morgan fingerprint density at radius 1 is 1.08 bits per heavy atom. The van der Waals surface area contributed by atoms with Gasteiger partial charge in [-0.05, 0) is 28.1 Å². The number of pyridine rings is 1. The highest BCUT2D eigenvalue weighted by Crippen LogP contribution is 2.18. The smallest absolute Gasteiger partial charge is 0.363 e. The van der Waals surface area contributed by atoms with Gasteiger partial charge in [0.1, 0.15) is 0 Å². The minimum absolute atomic E-state index is 0.123. The zero-order chi connectivity index (χ0) is 16.9. The lowest BCUT2D eigenvalue weighted by atomic mass is 10.2. The zero-order valence-corrected chi connectivity index (χ0v) is 13.0. The van der Waals surface area contributed by atoms with Crippen LogP contribution in [0, 0.1) is 10.1 Å². The average Bonchev–Trinajstić information content (AvgIpc) is 2.63. The van der Waals surface area contributed by atoms with Crippen molar-refractivity contribution >= 4 is 23.2 Å². The summed E-state index contributed by atoms with van der Waals surface area (Å²) in [7, 11) is 0. The molecule has 1 aliphatic rings. The molecule has 0 aliphatic carbocycles. The van der Waals surface area contributed by atoms with Crippen LogP contribution in [0.25, 0.3) is 0 Å². The van der Waals surface area contributed by atoms with Gasteiger partial charge in [0.05, 0.1) is 5.69 Å². The molecule has 0 spiro atoms. The summed E-state index contributed by atoms with van der Waals surface area (Å²) in [4.78, 5) is 30.0. The lowest BCUT2D eigenvalue weighted by molar-refractivity contribution is -0.389. The number of aromatic nitrogens is 1. The molecule has 3 rings (SSSR count). The maximum Gasteiger partial charge on any atom is 0.363 e. The van der Waals surface area contributed by atoms with Crippen molar-refractivity contribution < 1.29 is 9.72 Å². The second-order valence-electron chi connectivity index (χ2n) is 5.40. The molecule has 1 saturated heterocycles. The van der Waals surface area contributed by atoms with E-state index in [0.717, 1.165) is 11.4 Å². The van der Waals surface area contributed by atoms with E-state index >= 15 is 0 Å². The number of benzene rings is 1. The Kier molecular flexibility index (Phi) is 4.55. The number of rotatable bonds is 3. The Hall–Kier alpha value is -3.16. The van der Waals surface area contributed by atoms with Crippen LogP contribution in [0.1, 0.15) is 0 Å². The maximum atomic E-state index is 12.2. The van der Waals surface area contributed by atoms with Crippen molar-refractivity contribution in [3.63, 3.8) is 0 Å². The maximum absolute atomic E-state index is 12.2. The molecule has 8 heteroatoms. The van der Waals surface area contributed by atoms with Crippen LogP contribution in [-0.2, 0) is 0 Å². The van der Waals surface area contributed by atoms with Gasteiger partial charge in [0.15, 0.2) is 6.20 Å². The van der Waals surface area contributed by atoms with Crippen LogP contribution in [0.15, 0.2) is 48.7 Å². The van der Waals surface area contributed by atoms with Crippen LogP contribution in [0.2, 0.25) is 0 Å². The summed E-state index contributed by atoms with van der Waals surface area (Å²) in [6.07, 6.45) is 1.50. The molecule has 0 unspecified atom stereocenters. The van der Waals surface area contributed by atoms with Crippen molar-refractivity contribution in [1.82, 2.24) is 9.88 Å². The molecule has 24 heavy (non-hydrogen) atoms. The van der Waals surface area contributed by atoms with Gasteiger partial charge in [-0.3, -0.25) is 0 Å². The number of carbonyl (C=O) groups is 1. The molecular formula is C16H17N5O3. The number of nitrogens with zero attached hydrogens (tertiary/aromatic N) is 4. The Morgan fingerprint density at radius 2 is 1.79 bits per heavy atom. The van der Waals surface area contributed by atoms with E-state index in [1.54, 1.807) is 11.0 Å². The Balaban J connectivity index is 1.55. The molecule has 2 aromatic rings. The average molecular weight is 327 g/mol. The van der Waals surface area contributed by atoms with Crippen molar-refractivity contribution in [2.45, 2.75) is 0 Å². The molecular weight excluding hydrogens is 310 g/mol. The van der Waals surface area contributed by atoms with Crippen molar-refractivity contribution in [3.8, 4) is 0 Å². The highest BCUT2D eigenvalue weighted by atomic mass is 16.6. The van der Waals surface area contributed by atoms with Crippen LogP contribution < -0.4 is 10.2 Å². The van der Waals surface area contributed by atoms with Crippen molar-refractivity contribution in [3.05, 3.63) is 58.8 Å². The van der Waals surface area contributed by atoms with Crippen LogP contribution in [0.3, 0.4) is 0 Å². The molecule has 1 aromatic heterocycles. The summed E-state index contributed by atoms with van der Waals surface area (Å²) in [6.45, 7) is 2.47. The first-order valence-corrected chi connectivity index (χ1v) is 7.60. The van der Waals surface area contributed by atoms with Crippen LogP contribution >= 0.6 is 0 Å². The van der Waals surface area contributed by atoms with Gasteiger partial charge in [-0.15, -0.1) is 0 Å². The lowest BCUT2D eigenvalue weighted by Gasteiger charge is -2.35. The number of amides is 2. The Labute approximate surface area is 138 Å². The summed E-state index contributed by atoms with van der Waals surface area (Å²) < 4.78 is 0. The minimum atomic E-state index is -0.518. The SMILES string of the molecule is O=C(Nc1ccccc1)N1CCN(c2ccc([N+](=O)[O-])nc2)CC1. The van der Waals surface area contributed by atoms with E-state index in [1.165, 1.54) is 12.3 Å². The quantitative estimate of drug-likeness (QED) is 0.690. The predicted molar refractivity (Wildman–Crippen MR) is 90.1 cm³/mol. The fraction of sp³-hybridized carbons (Fsp3) is 0.250. The summed E-state index contributed by atoms with van der Waals surface area (Å²) in [5.74, 6) is -0.167. The number of para-hydroxylation sites is 1. The van der Waals surface area contributed by atoms with Gasteiger partial charge in [0, 0.05) is 37.9 Å². The Morgan fingerprint density at radius 3 is 2.38 bits per heavy atom. The first-order chi connectivity index (χ1) is 11.6. The number of piperazine rings is 1. The van der Waals surface area contributed by atoms with Gasteiger partial charge in [0.2, 0.25) is 0 Å². The molecule has 0 atom stereocenters. The van der Waals surface area contributed by atoms with Gasteiger partial charge >= 0.3 is 11.8 Å². The number of hydrogen-bond donors (Lipinski definition) is 1. The number of nitro groups is 1. The molecule has 124 valence electrons. The lowest BCUT2D eigenvalue weighted by Crippen LogP contribution is -2.50. The topological polar surface area (TPSA) is 91.6 Å². The minimum Gasteiger partial charge on any atom is -0.365 e. The largest absolute Gasteiger partial charge is 0.365 e. The zero-order valence-electron chi connectivity index (χ0n) is 13.0. The van der Waals surface area contributed by atoms with E-state index in [1.807, 2.05) is 30.3 Å². The third-order valence-corrected chi connectivity index (χ3v) is 3.88. The highest BCUT2D eigenvalue weighted by Gasteiger charge is 2.22. The molecule has 2 amide bonds. The number of nitrogens with one attached hydrogen (secondary N) is 1. The number of anilines is 2. The molecule has 1 aromatic carbocycles. The monoisotopic (exact) mass is 327 g/mol. The van der Waals surface area contributed by atoms with Gasteiger partial charge in [-0.2, -0.15) is 0 Å². The standard InChI is InChI=1S/C16H17N5O3/c22-16(18-13-4-2-1-3-5-13)20-10-8-19(9-11-20)14-6-7-15(17-12-14)21(23)24/h1-7,12H,8-11H2,(H,18,22). The second kappa shape index (κ2) is 6.95. The molecule has 1 aliphatic heterocycles. The molecule has 0 radical (unpaired) electrons. The number of carbonyl (C=O) groups excluding carboxylic acids is 1. The van der Waals surface area contributed by atoms with Crippen molar-refractivity contribution in [1.29, 1.82) is 0 Å². The van der Waals surface area contributed by atoms with Crippen LogP contribution in [0.5, 0.6) is 0 Å². The van der Waals surface area contributed by atoms with Gasteiger partial charge < -0.3 is 25.2 Å². The van der Waals surface area contributed by atoms with Gasteiger partial charge in [-0.1, -0.05) is 18.2 Å². The second-order valence-corrected chi connectivity index (χ2v) is 5.40. The first-order valence-electron chi connectivity index (χ1n) is 7.60. The summed E-state index contributed by atoms with van der Waals surface area (Å²) in [6, 6.07) is 12.3. The van der Waals surface area contributed by atoms with E-state index < -0.39 is 4.92 Å². The van der Waals surface area contributed by atoms with Crippen LogP contribution in [0.4, 0.5) is 22.0 Å². The molecule has 8 nitrogen and oxygen atoms in total. The summed E-state index contributed by atoms with van der Waals surface area (Å²) >= 11 is 0. The Bertz CT molecular complexity index is 712.